The second-order valence-corrected chi connectivity index (χ2v) is 12.6. The Kier molecular flexibility index (Phi) is 9.95. The quantitative estimate of drug-likeness (QED) is 0.131. The summed E-state index contributed by atoms with van der Waals surface area (Å²) in [5, 5.41) is 29.8. The van der Waals surface area contributed by atoms with Gasteiger partial charge in [-0.25, -0.2) is 0 Å². The zero-order chi connectivity index (χ0) is 29.1. The number of carbonyl (C=O) groups is 3. The number of amides is 2. The van der Waals surface area contributed by atoms with Crippen molar-refractivity contribution in [2.75, 3.05) is 6.54 Å². The number of hydrogen-bond acceptors (Lipinski definition) is 6. The molecule has 216 valence electrons. The Morgan fingerprint density at radius 3 is 2.62 bits per heavy atom. The second-order valence-electron chi connectivity index (χ2n) is 11.7. The molecule has 1 aliphatic carbocycles. The van der Waals surface area contributed by atoms with Crippen molar-refractivity contribution in [2.24, 2.45) is 23.7 Å². The van der Waals surface area contributed by atoms with Gasteiger partial charge in [0.1, 0.15) is 5.75 Å². The average molecular weight is 616 g/mol. The molecule has 0 bridgehead atoms. The number of nitrogens with zero attached hydrogens (tertiary/aromatic N) is 1. The van der Waals surface area contributed by atoms with Gasteiger partial charge in [0.2, 0.25) is 11.8 Å². The number of hydrogen-bond donors (Lipinski definition) is 3. The van der Waals surface area contributed by atoms with Crippen LogP contribution < -0.4 is 0 Å². The molecule has 0 spiro atoms. The Morgan fingerprint density at radius 1 is 1.18 bits per heavy atom. The van der Waals surface area contributed by atoms with Crippen molar-refractivity contribution in [3.63, 3.8) is 0 Å². The lowest BCUT2D eigenvalue weighted by atomic mass is 9.57. The predicted octanol–water partition coefficient (Wildman–Crippen LogP) is 5.44. The molecule has 8 nitrogen and oxygen atoms in total. The number of fused-ring (bicyclic) bond motifs is 3. The van der Waals surface area contributed by atoms with Gasteiger partial charge in [0, 0.05) is 23.0 Å². The largest absolute Gasteiger partial charge is 0.507 e. The molecule has 4 atom stereocenters. The van der Waals surface area contributed by atoms with E-state index in [0.29, 0.717) is 45.1 Å². The van der Waals surface area contributed by atoms with E-state index < -0.39 is 24.9 Å². The number of unbranched alkanes of at least 4 members (excludes halogenated alkanes) is 2. The highest BCUT2D eigenvalue weighted by Crippen LogP contribution is 2.52. The second kappa shape index (κ2) is 13.0. The maximum absolute atomic E-state index is 13.6. The van der Waals surface area contributed by atoms with Gasteiger partial charge in [0.05, 0.1) is 17.9 Å². The lowest BCUT2D eigenvalue weighted by Crippen LogP contribution is -2.46. The minimum Gasteiger partial charge on any atom is -0.507 e. The van der Waals surface area contributed by atoms with E-state index in [-0.39, 0.29) is 48.2 Å². The lowest BCUT2D eigenvalue weighted by Gasteiger charge is -2.44. The molecule has 0 aromatic heterocycles. The molecule has 2 fully saturated rings. The van der Waals surface area contributed by atoms with Crippen LogP contribution in [-0.2, 0) is 19.0 Å². The van der Waals surface area contributed by atoms with Crippen LogP contribution >= 0.6 is 15.9 Å². The van der Waals surface area contributed by atoms with Gasteiger partial charge in [-0.05, 0) is 81.0 Å². The van der Waals surface area contributed by atoms with E-state index >= 15 is 0 Å². The van der Waals surface area contributed by atoms with Gasteiger partial charge in [-0.1, -0.05) is 53.4 Å². The zero-order valence-corrected chi connectivity index (χ0v) is 25.0. The summed E-state index contributed by atoms with van der Waals surface area (Å²) in [5.74, 6) is -1.97. The third-order valence-electron chi connectivity index (χ3n) is 8.50. The number of likely N-dealkylation sites (tertiary alicyclic amines) is 1. The van der Waals surface area contributed by atoms with Crippen LogP contribution in [-0.4, -0.2) is 57.7 Å². The van der Waals surface area contributed by atoms with E-state index in [9.17, 15) is 24.5 Å². The van der Waals surface area contributed by atoms with E-state index in [4.69, 9.17) is 9.76 Å². The molecule has 2 aliphatic heterocycles. The minimum atomic E-state index is -1.02. The first-order valence-electron chi connectivity index (χ1n) is 14.3. The summed E-state index contributed by atoms with van der Waals surface area (Å²) in [4.78, 5) is 39.2. The number of allylic oxidation sites excluding steroid dienone is 2. The van der Waals surface area contributed by atoms with Crippen LogP contribution in [0, 0.1) is 23.7 Å². The first-order valence-corrected chi connectivity index (χ1v) is 15.1. The molecule has 2 amide bonds. The van der Waals surface area contributed by atoms with E-state index in [1.807, 2.05) is 19.1 Å². The molecule has 2 heterocycles. The molecule has 0 unspecified atom stereocenters. The predicted molar refractivity (Wildman–Crippen MR) is 156 cm³/mol. The summed E-state index contributed by atoms with van der Waals surface area (Å²) in [7, 11) is -1.02. The first-order chi connectivity index (χ1) is 19.0. The van der Waals surface area contributed by atoms with Crippen LogP contribution in [0.25, 0.3) is 6.08 Å². The van der Waals surface area contributed by atoms with Crippen LogP contribution in [0.4, 0.5) is 0 Å². The minimum absolute atomic E-state index is 0.0816. The number of benzene rings is 1. The summed E-state index contributed by atoms with van der Waals surface area (Å²) < 4.78 is 6.96. The fourth-order valence-electron chi connectivity index (χ4n) is 6.60. The number of carbonyl (C=O) groups excluding carboxylic acids is 2. The van der Waals surface area contributed by atoms with Gasteiger partial charge in [0.25, 0.3) is 0 Å². The summed E-state index contributed by atoms with van der Waals surface area (Å²) in [6.45, 7) is 6.51. The molecule has 40 heavy (non-hydrogen) atoms. The SMILES string of the molecule is C/C(=C\c1cc(Br)ccc1O)CC[C@H]1OB(O)C[C@H]2C1=C(C(C)C)C[C@H]1C(=O)N(CCCCCC(=O)O)C(=O)[C@H]12. The number of carboxylic acid groups (broad SMARTS) is 1. The van der Waals surface area contributed by atoms with E-state index in [0.717, 1.165) is 26.8 Å². The molecule has 3 N–H and O–H groups in total. The Hall–Kier alpha value is -2.43. The van der Waals surface area contributed by atoms with Gasteiger partial charge < -0.3 is 19.9 Å². The van der Waals surface area contributed by atoms with Crippen LogP contribution in [0.5, 0.6) is 5.75 Å². The number of aromatic hydroxyl groups is 1. The third-order valence-corrected chi connectivity index (χ3v) is 8.99. The fourth-order valence-corrected chi connectivity index (χ4v) is 6.97. The van der Waals surface area contributed by atoms with Crippen molar-refractivity contribution in [1.82, 2.24) is 4.90 Å². The third kappa shape index (κ3) is 6.72. The monoisotopic (exact) mass is 615 g/mol. The van der Waals surface area contributed by atoms with Crippen LogP contribution in [0.3, 0.4) is 0 Å². The lowest BCUT2D eigenvalue weighted by molar-refractivity contribution is -0.141. The number of imide groups is 1. The molecule has 0 saturated carbocycles. The molecule has 4 rings (SSSR count). The number of phenols is 1. The highest BCUT2D eigenvalue weighted by atomic mass is 79.9. The molecular weight excluding hydrogens is 577 g/mol. The average Bonchev–Trinajstić information content (AvgIpc) is 3.13. The molecule has 1 aromatic carbocycles. The van der Waals surface area contributed by atoms with E-state index in [1.54, 1.807) is 12.1 Å². The highest BCUT2D eigenvalue weighted by molar-refractivity contribution is 9.10. The fraction of sp³-hybridized carbons (Fsp3) is 0.567. The Bertz CT molecular complexity index is 1210. The van der Waals surface area contributed by atoms with Gasteiger partial charge in [-0.3, -0.25) is 19.3 Å². The maximum atomic E-state index is 13.6. The van der Waals surface area contributed by atoms with Crippen molar-refractivity contribution in [1.29, 1.82) is 0 Å². The van der Waals surface area contributed by atoms with Gasteiger partial charge in [-0.2, -0.15) is 0 Å². The summed E-state index contributed by atoms with van der Waals surface area (Å²) in [6, 6.07) is 5.29. The summed E-state index contributed by atoms with van der Waals surface area (Å²) >= 11 is 3.44. The van der Waals surface area contributed by atoms with Crippen LogP contribution in [0.15, 0.2) is 39.4 Å². The molecule has 1 aromatic rings. The Morgan fingerprint density at radius 2 is 1.93 bits per heavy atom. The first kappa shape index (κ1) is 30.5. The number of phenolic OH excluding ortho intramolecular Hbond substituents is 1. The molecular formula is C30H39BBrNO7. The molecule has 10 heteroatoms. The number of carboxylic acids is 1. The van der Waals surface area contributed by atoms with E-state index in [1.165, 1.54) is 4.90 Å². The molecule has 3 aliphatic rings. The molecule has 2 saturated heterocycles. The van der Waals surface area contributed by atoms with Crippen LogP contribution in [0.2, 0.25) is 6.32 Å². The molecule has 0 radical (unpaired) electrons. The van der Waals surface area contributed by atoms with Crippen molar-refractivity contribution >= 4 is 46.9 Å². The Labute approximate surface area is 244 Å². The number of halogens is 1. The van der Waals surface area contributed by atoms with Crippen molar-refractivity contribution < 1.29 is 34.3 Å². The van der Waals surface area contributed by atoms with Gasteiger partial charge in [-0.15, -0.1) is 0 Å². The van der Waals surface area contributed by atoms with Crippen molar-refractivity contribution in [3.8, 4) is 5.75 Å². The summed E-state index contributed by atoms with van der Waals surface area (Å²) in [6.07, 6.45) is 5.50. The zero-order valence-electron chi connectivity index (χ0n) is 23.4. The smallest absolute Gasteiger partial charge is 0.455 e. The Balaban J connectivity index is 1.52. The topological polar surface area (TPSA) is 124 Å². The van der Waals surface area contributed by atoms with Crippen LogP contribution in [0.1, 0.15) is 71.3 Å². The van der Waals surface area contributed by atoms with E-state index in [2.05, 4.69) is 29.8 Å². The van der Waals surface area contributed by atoms with Gasteiger partial charge >= 0.3 is 13.1 Å². The number of rotatable bonds is 11. The van der Waals surface area contributed by atoms with Crippen molar-refractivity contribution in [3.05, 3.63) is 45.0 Å². The van der Waals surface area contributed by atoms with Crippen molar-refractivity contribution in [2.45, 2.75) is 78.1 Å². The highest BCUT2D eigenvalue weighted by Gasteiger charge is 2.57. The standard InChI is InChI=1S/C30H39BBrNO7/c1-17(2)21-15-22-28(30(38)33(29(22)37)12-6-4-5-7-26(35)36)23-16-31(39)40-25(27(21)23)11-8-18(3)13-19-14-20(32)9-10-24(19)34/h9-10,13-14,17,22-23,25,28,34,39H,4-8,11-12,15-16H2,1-3H3,(H,35,36)/b18-13+/t22-,23+,25-,28-/m1/s1. The maximum Gasteiger partial charge on any atom is 0.455 e. The normalized spacial score (nSPS) is 25.1. The van der Waals surface area contributed by atoms with Gasteiger partial charge in [0.15, 0.2) is 0 Å². The summed E-state index contributed by atoms with van der Waals surface area (Å²) in [5.41, 5.74) is 3.99. The number of aliphatic carboxylic acids is 1.